The predicted octanol–water partition coefficient (Wildman–Crippen LogP) is 1.69. The molecule has 14 heteroatoms. The van der Waals surface area contributed by atoms with Gasteiger partial charge in [-0.25, -0.2) is 9.59 Å². The van der Waals surface area contributed by atoms with Gasteiger partial charge >= 0.3 is 12.1 Å². The van der Waals surface area contributed by atoms with E-state index in [-0.39, 0.29) is 12.8 Å². The Morgan fingerprint density at radius 2 is 1.24 bits per heavy atom. The molecule has 0 bridgehead atoms. The molecular weight excluding hydrogens is 646 g/mol. The van der Waals surface area contributed by atoms with E-state index < -0.39 is 73.1 Å². The van der Waals surface area contributed by atoms with Crippen molar-refractivity contribution in [2.45, 2.75) is 57.9 Å². The lowest BCUT2D eigenvalue weighted by Gasteiger charge is -2.23. The number of primary amides is 1. The third-order valence-electron chi connectivity index (χ3n) is 6.75. The summed E-state index contributed by atoms with van der Waals surface area (Å²) < 4.78 is 16.0. The van der Waals surface area contributed by atoms with Gasteiger partial charge in [0.05, 0.1) is 13.1 Å². The Morgan fingerprint density at radius 1 is 0.680 bits per heavy atom. The Hall–Kier alpha value is -5.92. The van der Waals surface area contributed by atoms with Crippen LogP contribution in [0.4, 0.5) is 4.79 Å². The number of rotatable bonds is 17. The second-order valence-corrected chi connectivity index (χ2v) is 12.2. The second kappa shape index (κ2) is 19.2. The molecule has 0 radical (unpaired) electrons. The van der Waals surface area contributed by atoms with Crippen LogP contribution in [0, 0.1) is 0 Å². The summed E-state index contributed by atoms with van der Waals surface area (Å²) >= 11 is 0. The number of amides is 5. The van der Waals surface area contributed by atoms with Crippen LogP contribution in [0.25, 0.3) is 0 Å². The molecule has 0 spiro atoms. The topological polar surface area (TPSA) is 204 Å². The fraction of sp³-hybridized carbons (Fsp3) is 0.333. The van der Waals surface area contributed by atoms with E-state index in [1.807, 2.05) is 30.3 Å². The first kappa shape index (κ1) is 38.5. The second-order valence-electron chi connectivity index (χ2n) is 12.2. The van der Waals surface area contributed by atoms with Crippen LogP contribution in [0.3, 0.4) is 0 Å². The van der Waals surface area contributed by atoms with Crippen molar-refractivity contribution in [3.05, 3.63) is 102 Å². The van der Waals surface area contributed by atoms with Crippen LogP contribution < -0.4 is 31.7 Å². The number of carbonyl (C=O) groups is 6. The van der Waals surface area contributed by atoms with Crippen molar-refractivity contribution >= 4 is 35.7 Å². The predicted molar refractivity (Wildman–Crippen MR) is 182 cm³/mol. The zero-order valence-corrected chi connectivity index (χ0v) is 28.2. The summed E-state index contributed by atoms with van der Waals surface area (Å²) in [5.74, 6) is -3.21. The number of hydrogen-bond acceptors (Lipinski definition) is 9. The van der Waals surface area contributed by atoms with Gasteiger partial charge in [-0.2, -0.15) is 0 Å². The fourth-order valence-corrected chi connectivity index (χ4v) is 4.42. The highest BCUT2D eigenvalue weighted by molar-refractivity contribution is 5.92. The van der Waals surface area contributed by atoms with E-state index in [9.17, 15) is 28.8 Å². The van der Waals surface area contributed by atoms with E-state index in [1.165, 1.54) is 0 Å². The Bertz CT molecular complexity index is 1590. The molecule has 0 aliphatic carbocycles. The highest BCUT2D eigenvalue weighted by Crippen LogP contribution is 2.16. The van der Waals surface area contributed by atoms with Crippen molar-refractivity contribution in [1.82, 2.24) is 21.3 Å². The highest BCUT2D eigenvalue weighted by atomic mass is 16.6. The number of alkyl carbamates (subject to hydrolysis) is 1. The first-order chi connectivity index (χ1) is 23.8. The standard InChI is InChI=1S/C36H43N5O9/c1-36(2,3)50-35(47)41-28(18-25-14-16-27(17-15-25)48-22-26-12-8-5-9-13-26)33(45)39-20-31(43)38-21-32(44)40-29(34(46)49-23-30(37)42)19-24-10-6-4-7-11-24/h4-17,28-29H,18-23H2,1-3H3,(H2,37,42)(H,38,43)(H,39,45)(H,40,44)(H,41,47)/t28-,29-/m0/s1. The molecule has 0 fully saturated rings. The van der Waals surface area contributed by atoms with E-state index in [2.05, 4.69) is 21.3 Å². The first-order valence-corrected chi connectivity index (χ1v) is 15.8. The van der Waals surface area contributed by atoms with Crippen molar-refractivity contribution in [2.24, 2.45) is 5.73 Å². The lowest BCUT2D eigenvalue weighted by Crippen LogP contribution is -2.52. The van der Waals surface area contributed by atoms with Gasteiger partial charge in [0, 0.05) is 12.8 Å². The van der Waals surface area contributed by atoms with E-state index in [1.54, 1.807) is 75.4 Å². The Kier molecular flexibility index (Phi) is 14.8. The molecule has 0 saturated carbocycles. The van der Waals surface area contributed by atoms with Crippen LogP contribution in [-0.4, -0.2) is 73.1 Å². The minimum absolute atomic E-state index is 0.0592. The maximum atomic E-state index is 13.2. The zero-order valence-electron chi connectivity index (χ0n) is 28.2. The average Bonchev–Trinajstić information content (AvgIpc) is 3.07. The fourth-order valence-electron chi connectivity index (χ4n) is 4.42. The maximum absolute atomic E-state index is 13.2. The normalized spacial score (nSPS) is 12.0. The third-order valence-corrected chi connectivity index (χ3v) is 6.75. The monoisotopic (exact) mass is 689 g/mol. The quantitative estimate of drug-likeness (QED) is 0.131. The highest BCUT2D eigenvalue weighted by Gasteiger charge is 2.26. The van der Waals surface area contributed by atoms with Crippen molar-refractivity contribution in [3.8, 4) is 5.75 Å². The zero-order chi connectivity index (χ0) is 36.5. The van der Waals surface area contributed by atoms with Gasteiger partial charge in [-0.15, -0.1) is 0 Å². The molecule has 5 amide bonds. The minimum atomic E-state index is -1.16. The van der Waals surface area contributed by atoms with Crippen LogP contribution in [0.15, 0.2) is 84.9 Å². The lowest BCUT2D eigenvalue weighted by atomic mass is 10.1. The van der Waals surface area contributed by atoms with Crippen molar-refractivity contribution in [1.29, 1.82) is 0 Å². The molecule has 0 saturated heterocycles. The molecule has 0 unspecified atom stereocenters. The number of nitrogens with one attached hydrogen (secondary N) is 4. The van der Waals surface area contributed by atoms with Gasteiger partial charge in [-0.05, 0) is 49.6 Å². The van der Waals surface area contributed by atoms with Crippen LogP contribution in [-0.2, 0) is 52.9 Å². The first-order valence-electron chi connectivity index (χ1n) is 15.8. The summed E-state index contributed by atoms with van der Waals surface area (Å²) in [4.78, 5) is 74.5. The molecule has 3 aromatic carbocycles. The smallest absolute Gasteiger partial charge is 0.408 e. The molecule has 0 aliphatic rings. The number of benzene rings is 3. The SMILES string of the molecule is CC(C)(C)OC(=O)N[C@@H](Cc1ccc(OCc2ccccc2)cc1)C(=O)NCC(=O)NCC(=O)N[C@@H](Cc1ccccc1)C(=O)OCC(N)=O. The summed E-state index contributed by atoms with van der Waals surface area (Å²) in [6.45, 7) is 3.74. The van der Waals surface area contributed by atoms with Crippen LogP contribution in [0.2, 0.25) is 0 Å². The lowest BCUT2D eigenvalue weighted by molar-refractivity contribution is -0.151. The summed E-state index contributed by atoms with van der Waals surface area (Å²) in [5, 5.41) is 9.87. The molecule has 0 aliphatic heterocycles. The van der Waals surface area contributed by atoms with E-state index in [0.29, 0.717) is 23.5 Å². The molecule has 14 nitrogen and oxygen atoms in total. The van der Waals surface area contributed by atoms with Crippen LogP contribution >= 0.6 is 0 Å². The summed E-state index contributed by atoms with van der Waals surface area (Å²) in [5.41, 5.74) is 6.65. The van der Waals surface area contributed by atoms with Gasteiger partial charge in [0.2, 0.25) is 17.7 Å². The van der Waals surface area contributed by atoms with Gasteiger partial charge in [0.15, 0.2) is 6.61 Å². The number of carbonyl (C=O) groups excluding carboxylic acids is 6. The van der Waals surface area contributed by atoms with E-state index in [4.69, 9.17) is 19.9 Å². The largest absolute Gasteiger partial charge is 0.489 e. The Balaban J connectivity index is 1.55. The Labute approximate surface area is 290 Å². The Morgan fingerprint density at radius 3 is 1.84 bits per heavy atom. The number of ether oxygens (including phenoxy) is 3. The number of hydrogen-bond donors (Lipinski definition) is 5. The van der Waals surface area contributed by atoms with Gasteiger partial charge < -0.3 is 41.2 Å². The molecule has 266 valence electrons. The van der Waals surface area contributed by atoms with Gasteiger partial charge in [0.1, 0.15) is 30.0 Å². The van der Waals surface area contributed by atoms with E-state index >= 15 is 0 Å². The molecule has 2 atom stereocenters. The van der Waals surface area contributed by atoms with Crippen molar-refractivity contribution in [3.63, 3.8) is 0 Å². The van der Waals surface area contributed by atoms with Crippen molar-refractivity contribution < 1.29 is 43.0 Å². The summed E-state index contributed by atoms with van der Waals surface area (Å²) in [6, 6.07) is 23.2. The van der Waals surface area contributed by atoms with Crippen molar-refractivity contribution in [2.75, 3.05) is 19.7 Å². The molecular formula is C36H43N5O9. The number of esters is 1. The van der Waals surface area contributed by atoms with Gasteiger partial charge in [0.25, 0.3) is 5.91 Å². The maximum Gasteiger partial charge on any atom is 0.408 e. The molecule has 3 aromatic rings. The summed E-state index contributed by atoms with van der Waals surface area (Å²) in [7, 11) is 0. The molecule has 6 N–H and O–H groups in total. The third kappa shape index (κ3) is 14.9. The van der Waals surface area contributed by atoms with E-state index in [0.717, 1.165) is 5.56 Å². The molecule has 0 heterocycles. The minimum Gasteiger partial charge on any atom is -0.489 e. The van der Waals surface area contributed by atoms with Gasteiger partial charge in [-0.1, -0.05) is 72.8 Å². The van der Waals surface area contributed by atoms with Gasteiger partial charge in [-0.3, -0.25) is 19.2 Å². The van der Waals surface area contributed by atoms with Crippen LogP contribution in [0.5, 0.6) is 5.75 Å². The molecule has 50 heavy (non-hydrogen) atoms. The van der Waals surface area contributed by atoms with Crippen LogP contribution in [0.1, 0.15) is 37.5 Å². The molecule has 3 rings (SSSR count). The number of nitrogens with two attached hydrogens (primary N) is 1. The molecule has 0 aromatic heterocycles. The summed E-state index contributed by atoms with van der Waals surface area (Å²) in [6.07, 6.45) is -0.687. The average molecular weight is 690 g/mol.